The van der Waals surface area contributed by atoms with Crippen molar-refractivity contribution in [2.45, 2.75) is 406 Å². The Morgan fingerprint density at radius 1 is 0.250 bits per heavy atom. The number of hydrogen-bond donors (Lipinski definition) is 0. The van der Waals surface area contributed by atoms with E-state index in [-0.39, 0.29) is 31.1 Å². The molecule has 0 aliphatic rings. The Morgan fingerprint density at radius 2 is 0.475 bits per heavy atom. The van der Waals surface area contributed by atoms with Gasteiger partial charge in [0, 0.05) is 19.3 Å². The van der Waals surface area contributed by atoms with Crippen LogP contribution in [0.1, 0.15) is 400 Å². The minimum absolute atomic E-state index is 0.0701. The number of allylic oxidation sites excluding steroid dienone is 6. The average molecular weight is 1120 g/mol. The van der Waals surface area contributed by atoms with Crippen molar-refractivity contribution in [3.05, 3.63) is 36.5 Å². The van der Waals surface area contributed by atoms with E-state index in [0.29, 0.717) is 19.3 Å². The lowest BCUT2D eigenvalue weighted by Gasteiger charge is -2.18. The molecule has 0 bridgehead atoms. The van der Waals surface area contributed by atoms with Gasteiger partial charge in [-0.05, 0) is 70.6 Å². The predicted octanol–water partition coefficient (Wildman–Crippen LogP) is 24.7. The summed E-state index contributed by atoms with van der Waals surface area (Å²) in [4.78, 5) is 38.3. The molecule has 80 heavy (non-hydrogen) atoms. The first-order chi connectivity index (χ1) is 39.5. The Labute approximate surface area is 499 Å². The molecule has 1 atom stereocenters. The highest BCUT2D eigenvalue weighted by Crippen LogP contribution is 2.19. The molecule has 0 amide bonds. The minimum atomic E-state index is -0.774. The van der Waals surface area contributed by atoms with E-state index < -0.39 is 6.10 Å². The zero-order chi connectivity index (χ0) is 57.8. The highest BCUT2D eigenvalue weighted by atomic mass is 16.6. The number of esters is 3. The summed E-state index contributed by atoms with van der Waals surface area (Å²) in [5.74, 6) is -0.855. The van der Waals surface area contributed by atoms with Gasteiger partial charge in [0.05, 0.1) is 0 Å². The Bertz CT molecular complexity index is 1340. The van der Waals surface area contributed by atoms with Gasteiger partial charge in [-0.2, -0.15) is 0 Å². The number of carbonyl (C=O) groups excluding carboxylic acids is 3. The number of hydrogen-bond acceptors (Lipinski definition) is 6. The second-order valence-electron chi connectivity index (χ2n) is 24.5. The maximum atomic E-state index is 12.9. The summed E-state index contributed by atoms with van der Waals surface area (Å²) < 4.78 is 17.0. The molecule has 6 nitrogen and oxygen atoms in total. The van der Waals surface area contributed by atoms with Crippen LogP contribution in [0, 0.1) is 0 Å². The fourth-order valence-corrected chi connectivity index (χ4v) is 11.0. The van der Waals surface area contributed by atoms with Gasteiger partial charge in [0.1, 0.15) is 13.2 Å². The molecule has 0 N–H and O–H groups in total. The molecule has 470 valence electrons. The number of ether oxygens (including phenoxy) is 3. The molecule has 0 aromatic heterocycles. The van der Waals surface area contributed by atoms with Crippen molar-refractivity contribution < 1.29 is 28.6 Å². The van der Waals surface area contributed by atoms with Crippen molar-refractivity contribution in [2.75, 3.05) is 13.2 Å². The fourth-order valence-electron chi connectivity index (χ4n) is 11.0. The summed E-state index contributed by atoms with van der Waals surface area (Å²) >= 11 is 0. The van der Waals surface area contributed by atoms with E-state index in [1.165, 1.54) is 283 Å². The second-order valence-corrected chi connectivity index (χ2v) is 24.5. The first-order valence-corrected chi connectivity index (χ1v) is 36.0. The molecule has 1 unspecified atom stereocenters. The first-order valence-electron chi connectivity index (χ1n) is 36.0. The van der Waals surface area contributed by atoms with Gasteiger partial charge in [-0.15, -0.1) is 0 Å². The zero-order valence-electron chi connectivity index (χ0n) is 54.1. The molecule has 0 saturated heterocycles. The fraction of sp³-hybridized carbons (Fsp3) is 0.878. The normalized spacial score (nSPS) is 12.2. The molecule has 0 fully saturated rings. The number of unbranched alkanes of at least 4 members (excludes halogenated alkanes) is 50. The third-order valence-electron chi connectivity index (χ3n) is 16.3. The Kier molecular flexibility index (Phi) is 67.1. The van der Waals surface area contributed by atoms with Crippen LogP contribution in [0.3, 0.4) is 0 Å². The summed E-state index contributed by atoms with van der Waals surface area (Å²) in [6, 6.07) is 0. The van der Waals surface area contributed by atoms with Gasteiger partial charge in [-0.1, -0.05) is 346 Å². The van der Waals surface area contributed by atoms with E-state index in [9.17, 15) is 14.4 Å². The molecule has 0 heterocycles. The smallest absolute Gasteiger partial charge is 0.306 e. The number of rotatable bonds is 67. The molecular formula is C74H138O6. The lowest BCUT2D eigenvalue weighted by molar-refractivity contribution is -0.167. The lowest BCUT2D eigenvalue weighted by atomic mass is 10.0. The summed E-state index contributed by atoms with van der Waals surface area (Å²) in [5.41, 5.74) is 0. The van der Waals surface area contributed by atoms with E-state index >= 15 is 0 Å². The van der Waals surface area contributed by atoms with Gasteiger partial charge in [0.2, 0.25) is 0 Å². The third-order valence-corrected chi connectivity index (χ3v) is 16.3. The van der Waals surface area contributed by atoms with E-state index in [1.54, 1.807) is 0 Å². The van der Waals surface area contributed by atoms with Crippen LogP contribution in [0.5, 0.6) is 0 Å². The molecule has 0 aliphatic heterocycles. The van der Waals surface area contributed by atoms with Gasteiger partial charge in [-0.3, -0.25) is 14.4 Å². The highest BCUT2D eigenvalue weighted by Gasteiger charge is 2.19. The van der Waals surface area contributed by atoms with Crippen molar-refractivity contribution >= 4 is 17.9 Å². The van der Waals surface area contributed by atoms with Gasteiger partial charge in [0.25, 0.3) is 0 Å². The molecular weight excluding hydrogens is 985 g/mol. The highest BCUT2D eigenvalue weighted by molar-refractivity contribution is 5.71. The Hall–Kier alpha value is -2.37. The average Bonchev–Trinajstić information content (AvgIpc) is 3.46. The van der Waals surface area contributed by atoms with E-state index in [4.69, 9.17) is 14.2 Å². The molecule has 6 heteroatoms. The van der Waals surface area contributed by atoms with E-state index in [2.05, 4.69) is 57.2 Å². The quantitative estimate of drug-likeness (QED) is 0.0261. The molecule has 0 aromatic rings. The van der Waals surface area contributed by atoms with Crippen LogP contribution in [0.25, 0.3) is 0 Å². The van der Waals surface area contributed by atoms with E-state index in [0.717, 1.165) is 77.0 Å². The standard InChI is InChI=1S/C74H138O6/c1-4-7-10-13-16-19-22-24-26-28-30-32-34-36-37-39-40-42-44-46-48-50-52-55-58-61-64-67-73(76)79-70-71(69-78-72(75)66-63-60-57-54-21-18-15-12-9-6-3)80-74(77)68-65-62-59-56-53-51-49-47-45-43-41-38-35-33-31-29-27-25-23-20-17-14-11-8-5-2/h12,15,23,25,29,31,71H,4-11,13-14,16-22,24,26-28,30,32-70H2,1-3H3/b15-12-,25-23-,31-29-. The molecule has 0 rings (SSSR count). The Morgan fingerprint density at radius 3 is 0.750 bits per heavy atom. The summed E-state index contributed by atoms with van der Waals surface area (Å²) in [5, 5.41) is 0. The van der Waals surface area contributed by atoms with Gasteiger partial charge >= 0.3 is 17.9 Å². The molecule has 0 aromatic carbocycles. The van der Waals surface area contributed by atoms with Crippen LogP contribution < -0.4 is 0 Å². The SMILES string of the molecule is CCC/C=C\CCCCCCCC(=O)OCC(COC(=O)CCCCCCCCCCCCCCCCCCCCCCCCCCCCC)OC(=O)CCCCCCCCCCCCCCC/C=C\C/C=C\CCCCCCC. The summed E-state index contributed by atoms with van der Waals surface area (Å²) in [7, 11) is 0. The predicted molar refractivity (Wildman–Crippen MR) is 349 cm³/mol. The summed E-state index contributed by atoms with van der Waals surface area (Å²) in [6.45, 7) is 6.63. The maximum Gasteiger partial charge on any atom is 0.306 e. The van der Waals surface area contributed by atoms with Gasteiger partial charge in [0.15, 0.2) is 6.10 Å². The van der Waals surface area contributed by atoms with Crippen LogP contribution >= 0.6 is 0 Å². The number of carbonyl (C=O) groups is 3. The van der Waals surface area contributed by atoms with Crippen LogP contribution in [-0.2, 0) is 28.6 Å². The van der Waals surface area contributed by atoms with Crippen molar-refractivity contribution in [2.24, 2.45) is 0 Å². The molecule has 0 spiro atoms. The van der Waals surface area contributed by atoms with Crippen LogP contribution in [0.4, 0.5) is 0 Å². The van der Waals surface area contributed by atoms with Crippen molar-refractivity contribution in [1.29, 1.82) is 0 Å². The van der Waals surface area contributed by atoms with Crippen molar-refractivity contribution in [3.8, 4) is 0 Å². The first kappa shape index (κ1) is 77.6. The van der Waals surface area contributed by atoms with Crippen molar-refractivity contribution in [1.82, 2.24) is 0 Å². The molecule has 0 radical (unpaired) electrons. The monoisotopic (exact) mass is 1120 g/mol. The topological polar surface area (TPSA) is 78.9 Å². The van der Waals surface area contributed by atoms with Gasteiger partial charge < -0.3 is 14.2 Å². The lowest BCUT2D eigenvalue weighted by Crippen LogP contribution is -2.30. The zero-order valence-corrected chi connectivity index (χ0v) is 54.1. The van der Waals surface area contributed by atoms with Crippen LogP contribution in [0.2, 0.25) is 0 Å². The van der Waals surface area contributed by atoms with Crippen LogP contribution in [0.15, 0.2) is 36.5 Å². The largest absolute Gasteiger partial charge is 0.462 e. The third kappa shape index (κ3) is 66.4. The summed E-state index contributed by atoms with van der Waals surface area (Å²) in [6.07, 6.45) is 86.3. The second kappa shape index (κ2) is 69.1. The minimum Gasteiger partial charge on any atom is -0.462 e. The molecule has 0 saturated carbocycles. The maximum absolute atomic E-state index is 12.9. The molecule has 0 aliphatic carbocycles. The van der Waals surface area contributed by atoms with Crippen LogP contribution in [-0.4, -0.2) is 37.2 Å². The van der Waals surface area contributed by atoms with E-state index in [1.807, 2.05) is 0 Å². The Balaban J connectivity index is 4.12. The van der Waals surface area contributed by atoms with Crippen molar-refractivity contribution in [3.63, 3.8) is 0 Å². The van der Waals surface area contributed by atoms with Gasteiger partial charge in [-0.25, -0.2) is 0 Å².